The molecule has 0 radical (unpaired) electrons. The van der Waals surface area contributed by atoms with E-state index in [1.807, 2.05) is 59.5 Å². The van der Waals surface area contributed by atoms with Gasteiger partial charge in [0, 0.05) is 29.4 Å². The summed E-state index contributed by atoms with van der Waals surface area (Å²) in [6, 6.07) is 16.8. The third-order valence-electron chi connectivity index (χ3n) is 7.74. The average molecular weight is 546 g/mol. The summed E-state index contributed by atoms with van der Waals surface area (Å²) in [5.41, 5.74) is 1.50. The lowest BCUT2D eigenvalue weighted by Gasteiger charge is -2.45. The molecule has 4 N–H and O–H groups in total. The van der Waals surface area contributed by atoms with E-state index in [4.69, 9.17) is 4.74 Å². The lowest BCUT2D eigenvalue weighted by Crippen LogP contribution is -2.62. The van der Waals surface area contributed by atoms with Crippen molar-refractivity contribution in [1.29, 1.82) is 0 Å². The Bertz CT molecular complexity index is 1310. The Hall–Kier alpha value is -3.76. The molecule has 2 aromatic rings. The van der Waals surface area contributed by atoms with Crippen LogP contribution in [0, 0.1) is 5.92 Å². The largest absolute Gasteiger partial charge is 0.457 e. The molecule has 4 aliphatic rings. The summed E-state index contributed by atoms with van der Waals surface area (Å²) in [5, 5.41) is 12.6. The Morgan fingerprint density at radius 3 is 2.46 bits per heavy atom. The van der Waals surface area contributed by atoms with Crippen molar-refractivity contribution in [3.63, 3.8) is 0 Å². The SMILES string of the molecule is C=CC(=O)N[C@H]1CC[C@@H](NC(=O)C2=C3NC(=O)N(c4ccc(Oc5ccccc5)cc4)C4CCNC(S2)C34)C1. The molecular weight excluding hydrogens is 514 g/mol. The van der Waals surface area contributed by atoms with E-state index in [0.717, 1.165) is 37.2 Å². The summed E-state index contributed by atoms with van der Waals surface area (Å²) >= 11 is 1.49. The minimum absolute atomic E-state index is 0.00601. The third kappa shape index (κ3) is 5.14. The fraction of sp³-hybridized carbons (Fsp3) is 0.345. The van der Waals surface area contributed by atoms with Crippen molar-refractivity contribution in [3.8, 4) is 11.5 Å². The van der Waals surface area contributed by atoms with Gasteiger partial charge in [0.25, 0.3) is 5.91 Å². The zero-order valence-corrected chi connectivity index (χ0v) is 22.2. The van der Waals surface area contributed by atoms with Gasteiger partial charge in [0.2, 0.25) is 5.91 Å². The van der Waals surface area contributed by atoms with Crippen molar-refractivity contribution in [2.24, 2.45) is 5.92 Å². The molecule has 0 aromatic heterocycles. The summed E-state index contributed by atoms with van der Waals surface area (Å²) in [6.45, 7) is 4.25. The van der Waals surface area contributed by atoms with Crippen LogP contribution in [-0.2, 0) is 9.59 Å². The number of carbonyl (C=O) groups excluding carboxylic acids is 3. The van der Waals surface area contributed by atoms with Gasteiger partial charge in [-0.25, -0.2) is 4.79 Å². The highest BCUT2D eigenvalue weighted by Gasteiger charge is 2.51. The number of thioether (sulfide) groups is 1. The van der Waals surface area contributed by atoms with Crippen LogP contribution in [0.4, 0.5) is 10.5 Å². The van der Waals surface area contributed by atoms with Crippen LogP contribution in [0.1, 0.15) is 25.7 Å². The Kier molecular flexibility index (Phi) is 7.05. The van der Waals surface area contributed by atoms with E-state index in [1.54, 1.807) is 0 Å². The first-order valence-electron chi connectivity index (χ1n) is 13.3. The molecule has 3 heterocycles. The molecule has 5 atom stereocenters. The molecule has 1 saturated carbocycles. The number of piperidine rings is 1. The van der Waals surface area contributed by atoms with Crippen molar-refractivity contribution in [2.45, 2.75) is 49.2 Å². The van der Waals surface area contributed by atoms with Crippen LogP contribution >= 0.6 is 11.8 Å². The molecule has 3 aliphatic heterocycles. The Balaban J connectivity index is 1.17. The van der Waals surface area contributed by atoms with Crippen molar-refractivity contribution >= 4 is 35.3 Å². The number of nitrogens with zero attached hydrogens (tertiary/aromatic N) is 1. The third-order valence-corrected chi connectivity index (χ3v) is 9.10. The van der Waals surface area contributed by atoms with Crippen LogP contribution in [0.2, 0.25) is 0 Å². The van der Waals surface area contributed by atoms with Crippen LogP contribution in [0.15, 0.2) is 77.9 Å². The molecule has 3 fully saturated rings. The van der Waals surface area contributed by atoms with Crippen LogP contribution in [0.3, 0.4) is 0 Å². The van der Waals surface area contributed by atoms with E-state index in [9.17, 15) is 14.4 Å². The highest BCUT2D eigenvalue weighted by Crippen LogP contribution is 2.48. The number of nitrogens with one attached hydrogen (secondary N) is 4. The first kappa shape index (κ1) is 25.5. The molecule has 1 aliphatic carbocycles. The molecule has 10 heteroatoms. The highest BCUT2D eigenvalue weighted by molar-refractivity contribution is 8.04. The van der Waals surface area contributed by atoms with Gasteiger partial charge in [-0.05, 0) is 74.7 Å². The molecule has 6 rings (SSSR count). The highest BCUT2D eigenvalue weighted by atomic mass is 32.2. The molecule has 3 unspecified atom stereocenters. The fourth-order valence-corrected chi connectivity index (χ4v) is 7.38. The van der Waals surface area contributed by atoms with Gasteiger partial charge in [0.1, 0.15) is 11.5 Å². The molecule has 2 saturated heterocycles. The molecule has 39 heavy (non-hydrogen) atoms. The summed E-state index contributed by atoms with van der Waals surface area (Å²) in [6.07, 6.45) is 4.32. The fourth-order valence-electron chi connectivity index (χ4n) is 5.98. The minimum Gasteiger partial charge on any atom is -0.457 e. The molecule has 202 valence electrons. The van der Waals surface area contributed by atoms with Gasteiger partial charge in [-0.1, -0.05) is 36.5 Å². The second-order valence-electron chi connectivity index (χ2n) is 10.2. The number of para-hydroxylation sites is 1. The molecule has 2 aromatic carbocycles. The lowest BCUT2D eigenvalue weighted by atomic mass is 9.86. The molecule has 4 amide bonds. The van der Waals surface area contributed by atoms with Gasteiger partial charge in [-0.3, -0.25) is 14.5 Å². The maximum absolute atomic E-state index is 13.4. The van der Waals surface area contributed by atoms with E-state index in [1.165, 1.54) is 17.8 Å². The number of rotatable bonds is 7. The maximum atomic E-state index is 13.4. The predicted octanol–water partition coefficient (Wildman–Crippen LogP) is 3.61. The predicted molar refractivity (Wildman–Crippen MR) is 150 cm³/mol. The number of benzene rings is 2. The maximum Gasteiger partial charge on any atom is 0.326 e. The van der Waals surface area contributed by atoms with Crippen molar-refractivity contribution < 1.29 is 19.1 Å². The molecular formula is C29H31N5O4S. The lowest BCUT2D eigenvalue weighted by molar-refractivity contribution is -0.117. The molecule has 0 spiro atoms. The Morgan fingerprint density at radius 1 is 1.00 bits per heavy atom. The summed E-state index contributed by atoms with van der Waals surface area (Å²) < 4.78 is 5.92. The monoisotopic (exact) mass is 545 g/mol. The van der Waals surface area contributed by atoms with Crippen molar-refractivity contribution in [1.82, 2.24) is 21.3 Å². The molecule has 9 nitrogen and oxygen atoms in total. The van der Waals surface area contributed by atoms with Gasteiger partial charge < -0.3 is 26.0 Å². The quantitative estimate of drug-likeness (QED) is 0.396. The number of carbonyl (C=O) groups is 3. The van der Waals surface area contributed by atoms with Gasteiger partial charge in [-0.15, -0.1) is 0 Å². The minimum atomic E-state index is -0.232. The van der Waals surface area contributed by atoms with Crippen LogP contribution in [0.5, 0.6) is 11.5 Å². The van der Waals surface area contributed by atoms with Crippen LogP contribution < -0.4 is 30.9 Å². The first-order chi connectivity index (χ1) is 19.0. The topological polar surface area (TPSA) is 112 Å². The second-order valence-corrected chi connectivity index (χ2v) is 11.4. The number of ether oxygens (including phenoxy) is 1. The first-order valence-corrected chi connectivity index (χ1v) is 14.2. The van der Waals surface area contributed by atoms with Gasteiger partial charge in [0.05, 0.1) is 16.3 Å². The van der Waals surface area contributed by atoms with E-state index in [0.29, 0.717) is 22.8 Å². The van der Waals surface area contributed by atoms with Crippen molar-refractivity contribution in [3.05, 3.63) is 77.9 Å². The summed E-state index contributed by atoms with van der Waals surface area (Å²) in [4.78, 5) is 40.8. The van der Waals surface area contributed by atoms with Gasteiger partial charge in [0.15, 0.2) is 0 Å². The smallest absolute Gasteiger partial charge is 0.326 e. The number of urea groups is 1. The average Bonchev–Trinajstić information content (AvgIpc) is 3.55. The van der Waals surface area contributed by atoms with Crippen LogP contribution in [0.25, 0.3) is 0 Å². The van der Waals surface area contributed by atoms with E-state index >= 15 is 0 Å². The number of hydrogen-bond donors (Lipinski definition) is 4. The number of hydrogen-bond acceptors (Lipinski definition) is 6. The van der Waals surface area contributed by atoms with E-state index in [-0.39, 0.29) is 47.3 Å². The van der Waals surface area contributed by atoms with Gasteiger partial charge in [-0.2, -0.15) is 0 Å². The normalized spacial score (nSPS) is 27.4. The van der Waals surface area contributed by atoms with Gasteiger partial charge >= 0.3 is 6.03 Å². The standard InChI is InChI=1S/C29H31N5O4S/c1-2-23(35)31-17-8-9-18(16-17)32-27(36)26-25-24-22(14-15-30-28(24)39-26)34(29(37)33-25)19-10-12-21(13-11-19)38-20-6-4-3-5-7-20/h2-7,10-13,17-18,22,24,28,30H,1,8-9,14-16H2,(H,31,35)(H,32,36)(H,33,37)/t17-,18+,22?,24?,28?/m0/s1. The Morgan fingerprint density at radius 2 is 1.72 bits per heavy atom. The summed E-state index contributed by atoms with van der Waals surface area (Å²) in [5.74, 6) is 1.06. The van der Waals surface area contributed by atoms with E-state index in [2.05, 4.69) is 27.8 Å². The Labute approximate surface area is 231 Å². The molecule has 0 bridgehead atoms. The summed E-state index contributed by atoms with van der Waals surface area (Å²) in [7, 11) is 0. The van der Waals surface area contributed by atoms with Crippen molar-refractivity contribution in [2.75, 3.05) is 11.4 Å². The van der Waals surface area contributed by atoms with E-state index < -0.39 is 0 Å². The second kappa shape index (κ2) is 10.8. The zero-order valence-electron chi connectivity index (χ0n) is 21.4. The number of amides is 4. The zero-order chi connectivity index (χ0) is 26.9. The van der Waals surface area contributed by atoms with Crippen LogP contribution in [-0.4, -0.2) is 47.9 Å². The number of anilines is 1.